The van der Waals surface area contributed by atoms with E-state index in [1.54, 1.807) is 6.20 Å². The fourth-order valence-electron chi connectivity index (χ4n) is 1.63. The van der Waals surface area contributed by atoms with Gasteiger partial charge in [-0.05, 0) is 25.1 Å². The molecule has 2 aromatic rings. The highest BCUT2D eigenvalue weighted by molar-refractivity contribution is 5.65. The second-order valence-electron chi connectivity index (χ2n) is 3.86. The third kappa shape index (κ3) is 2.53. The number of para-hydroxylation sites is 2. The number of nitrogens with two attached hydrogens (primary N) is 1. The summed E-state index contributed by atoms with van der Waals surface area (Å²) in [4.78, 5) is 0. The molecule has 4 heteroatoms. The van der Waals surface area contributed by atoms with Crippen LogP contribution in [-0.4, -0.2) is 15.8 Å². The summed E-state index contributed by atoms with van der Waals surface area (Å²) in [5, 5.41) is 7.53. The third-order valence-corrected chi connectivity index (χ3v) is 2.38. The highest BCUT2D eigenvalue weighted by atomic mass is 15.3. The normalized spacial score (nSPS) is 12.3. The molecule has 2 rings (SSSR count). The van der Waals surface area contributed by atoms with Crippen molar-refractivity contribution in [2.24, 2.45) is 0 Å². The molecule has 0 aliphatic carbocycles. The van der Waals surface area contributed by atoms with E-state index in [1.165, 1.54) is 0 Å². The molecule has 0 spiro atoms. The fourth-order valence-corrected chi connectivity index (χ4v) is 1.63. The van der Waals surface area contributed by atoms with Gasteiger partial charge in [0.15, 0.2) is 0 Å². The van der Waals surface area contributed by atoms with Crippen LogP contribution in [0.2, 0.25) is 0 Å². The topological polar surface area (TPSA) is 55.9 Å². The molecule has 3 N–H and O–H groups in total. The maximum absolute atomic E-state index is 5.86. The predicted molar refractivity (Wildman–Crippen MR) is 66.2 cm³/mol. The van der Waals surface area contributed by atoms with E-state index >= 15 is 0 Å². The Bertz CT molecular complexity index is 436. The van der Waals surface area contributed by atoms with Crippen LogP contribution in [0.1, 0.15) is 6.92 Å². The monoisotopic (exact) mass is 216 g/mol. The van der Waals surface area contributed by atoms with Gasteiger partial charge in [0.05, 0.1) is 17.9 Å². The van der Waals surface area contributed by atoms with Gasteiger partial charge in [-0.2, -0.15) is 5.10 Å². The first-order chi connectivity index (χ1) is 7.75. The van der Waals surface area contributed by atoms with Crippen LogP contribution < -0.4 is 11.1 Å². The SMILES string of the molecule is CC(Cn1cccn1)Nc1ccccc1N. The van der Waals surface area contributed by atoms with E-state index in [-0.39, 0.29) is 6.04 Å². The Morgan fingerprint density at radius 2 is 2.19 bits per heavy atom. The van der Waals surface area contributed by atoms with E-state index < -0.39 is 0 Å². The summed E-state index contributed by atoms with van der Waals surface area (Å²) in [7, 11) is 0. The zero-order valence-corrected chi connectivity index (χ0v) is 9.30. The molecule has 1 aromatic heterocycles. The number of hydrogen-bond donors (Lipinski definition) is 2. The standard InChI is InChI=1S/C12H16N4/c1-10(9-16-8-4-7-14-16)15-12-6-3-2-5-11(12)13/h2-8,10,15H,9,13H2,1H3. The summed E-state index contributed by atoms with van der Waals surface area (Å²) < 4.78 is 1.90. The molecule has 84 valence electrons. The van der Waals surface area contributed by atoms with Crippen molar-refractivity contribution in [2.75, 3.05) is 11.1 Å². The number of rotatable bonds is 4. The molecular weight excluding hydrogens is 200 g/mol. The largest absolute Gasteiger partial charge is 0.397 e. The van der Waals surface area contributed by atoms with Gasteiger partial charge in [0.25, 0.3) is 0 Å². The molecule has 4 nitrogen and oxygen atoms in total. The van der Waals surface area contributed by atoms with Gasteiger partial charge < -0.3 is 11.1 Å². The van der Waals surface area contributed by atoms with E-state index in [9.17, 15) is 0 Å². The predicted octanol–water partition coefficient (Wildman–Crippen LogP) is 1.97. The molecule has 0 aliphatic heterocycles. The molecule has 0 saturated carbocycles. The van der Waals surface area contributed by atoms with Crippen molar-refractivity contribution >= 4 is 11.4 Å². The molecule has 16 heavy (non-hydrogen) atoms. The van der Waals surface area contributed by atoms with Crippen LogP contribution in [0.15, 0.2) is 42.7 Å². The molecule has 0 bridgehead atoms. The second kappa shape index (κ2) is 4.70. The minimum Gasteiger partial charge on any atom is -0.397 e. The fraction of sp³-hybridized carbons (Fsp3) is 0.250. The van der Waals surface area contributed by atoms with E-state index in [0.717, 1.165) is 17.9 Å². The number of nitrogen functional groups attached to an aromatic ring is 1. The molecule has 1 atom stereocenters. The molecule has 0 fully saturated rings. The molecular formula is C12H16N4. The van der Waals surface area contributed by atoms with Crippen molar-refractivity contribution in [3.8, 4) is 0 Å². The first-order valence-electron chi connectivity index (χ1n) is 5.34. The summed E-state index contributed by atoms with van der Waals surface area (Å²) >= 11 is 0. The zero-order chi connectivity index (χ0) is 11.4. The van der Waals surface area contributed by atoms with Gasteiger partial charge in [-0.1, -0.05) is 12.1 Å². The third-order valence-electron chi connectivity index (χ3n) is 2.38. The van der Waals surface area contributed by atoms with Gasteiger partial charge in [0.2, 0.25) is 0 Å². The second-order valence-corrected chi connectivity index (χ2v) is 3.86. The maximum Gasteiger partial charge on any atom is 0.0608 e. The molecule has 1 heterocycles. The number of anilines is 2. The van der Waals surface area contributed by atoms with Gasteiger partial charge in [0.1, 0.15) is 0 Å². The van der Waals surface area contributed by atoms with Gasteiger partial charge in [0, 0.05) is 18.4 Å². The van der Waals surface area contributed by atoms with Gasteiger partial charge in [-0.25, -0.2) is 0 Å². The van der Waals surface area contributed by atoms with Crippen LogP contribution in [0, 0.1) is 0 Å². The number of aromatic nitrogens is 2. The minimum atomic E-state index is 0.282. The minimum absolute atomic E-state index is 0.282. The van der Waals surface area contributed by atoms with Crippen LogP contribution >= 0.6 is 0 Å². The van der Waals surface area contributed by atoms with Crippen LogP contribution in [0.25, 0.3) is 0 Å². The average molecular weight is 216 g/mol. The number of hydrogen-bond acceptors (Lipinski definition) is 3. The van der Waals surface area contributed by atoms with E-state index in [0.29, 0.717) is 0 Å². The number of benzene rings is 1. The lowest BCUT2D eigenvalue weighted by molar-refractivity contribution is 0.561. The van der Waals surface area contributed by atoms with Crippen molar-refractivity contribution in [1.82, 2.24) is 9.78 Å². The lowest BCUT2D eigenvalue weighted by atomic mass is 10.2. The molecule has 0 saturated heterocycles. The average Bonchev–Trinajstić information content (AvgIpc) is 2.74. The summed E-state index contributed by atoms with van der Waals surface area (Å²) in [6.07, 6.45) is 3.73. The first kappa shape index (κ1) is 10.5. The molecule has 0 aliphatic rings. The van der Waals surface area contributed by atoms with Crippen molar-refractivity contribution in [3.63, 3.8) is 0 Å². The highest BCUT2D eigenvalue weighted by Gasteiger charge is 2.04. The Kier molecular flexibility index (Phi) is 3.10. The zero-order valence-electron chi connectivity index (χ0n) is 9.30. The number of nitrogens with zero attached hydrogens (tertiary/aromatic N) is 2. The Morgan fingerprint density at radius 3 is 2.88 bits per heavy atom. The smallest absolute Gasteiger partial charge is 0.0608 e. The van der Waals surface area contributed by atoms with Crippen LogP contribution in [0.4, 0.5) is 11.4 Å². The molecule has 0 amide bonds. The summed E-state index contributed by atoms with van der Waals surface area (Å²) in [5.41, 5.74) is 7.60. The molecule has 1 unspecified atom stereocenters. The maximum atomic E-state index is 5.86. The molecule has 0 radical (unpaired) electrons. The van der Waals surface area contributed by atoms with Crippen LogP contribution in [0.5, 0.6) is 0 Å². The van der Waals surface area contributed by atoms with Crippen molar-refractivity contribution in [1.29, 1.82) is 0 Å². The Balaban J connectivity index is 1.97. The van der Waals surface area contributed by atoms with Gasteiger partial charge in [-0.3, -0.25) is 4.68 Å². The lowest BCUT2D eigenvalue weighted by Gasteiger charge is -2.16. The van der Waals surface area contributed by atoms with Crippen molar-refractivity contribution in [2.45, 2.75) is 19.5 Å². The molecule has 1 aromatic carbocycles. The quantitative estimate of drug-likeness (QED) is 0.768. The number of nitrogens with one attached hydrogen (secondary N) is 1. The van der Waals surface area contributed by atoms with Crippen LogP contribution in [0.3, 0.4) is 0 Å². The van der Waals surface area contributed by atoms with Gasteiger partial charge >= 0.3 is 0 Å². The highest BCUT2D eigenvalue weighted by Crippen LogP contribution is 2.17. The lowest BCUT2D eigenvalue weighted by Crippen LogP contribution is -2.22. The van der Waals surface area contributed by atoms with Gasteiger partial charge in [-0.15, -0.1) is 0 Å². The van der Waals surface area contributed by atoms with E-state index in [1.807, 2.05) is 41.2 Å². The Hall–Kier alpha value is -1.97. The first-order valence-corrected chi connectivity index (χ1v) is 5.34. The Labute approximate surface area is 95.1 Å². The summed E-state index contributed by atoms with van der Waals surface area (Å²) in [5.74, 6) is 0. The summed E-state index contributed by atoms with van der Waals surface area (Å²) in [6.45, 7) is 2.93. The summed E-state index contributed by atoms with van der Waals surface area (Å²) in [6, 6.07) is 9.98. The van der Waals surface area contributed by atoms with Crippen LogP contribution in [-0.2, 0) is 6.54 Å². The van der Waals surface area contributed by atoms with Crippen molar-refractivity contribution in [3.05, 3.63) is 42.7 Å². The van der Waals surface area contributed by atoms with Crippen molar-refractivity contribution < 1.29 is 0 Å². The Morgan fingerprint density at radius 1 is 1.38 bits per heavy atom. The van der Waals surface area contributed by atoms with E-state index in [2.05, 4.69) is 17.3 Å². The van der Waals surface area contributed by atoms with E-state index in [4.69, 9.17) is 5.73 Å².